The Kier molecular flexibility index (Phi) is 14.6. The molecule has 0 fully saturated rings. The van der Waals surface area contributed by atoms with Crippen LogP contribution in [0.25, 0.3) is 178 Å². The highest BCUT2D eigenvalue weighted by atomic mass is 16.5. The van der Waals surface area contributed by atoms with Gasteiger partial charge in [-0.1, -0.05) is 328 Å². The Morgan fingerprint density at radius 2 is 0.615 bits per heavy atom. The van der Waals surface area contributed by atoms with Crippen LogP contribution < -0.4 is 9.47 Å². The van der Waals surface area contributed by atoms with E-state index in [1.165, 1.54) is 44.5 Å². The third-order valence-electron chi connectivity index (χ3n) is 26.3. The van der Waals surface area contributed by atoms with Crippen molar-refractivity contribution in [2.45, 2.75) is 10.8 Å². The van der Waals surface area contributed by atoms with E-state index in [1.807, 2.05) is 0 Å². The lowest BCUT2D eigenvalue weighted by Crippen LogP contribution is -2.32. The monoisotopic (exact) mass is 1550 g/mol. The molecule has 566 valence electrons. The third kappa shape index (κ3) is 9.85. The molecule has 8 heteroatoms. The van der Waals surface area contributed by atoms with Gasteiger partial charge >= 0.3 is 0 Å². The maximum absolute atomic E-state index is 7.31. The molecule has 2 spiro atoms. The summed E-state index contributed by atoms with van der Waals surface area (Å²) in [7, 11) is 0. The highest BCUT2D eigenvalue weighted by molar-refractivity contribution is 6.24. The molecule has 0 saturated heterocycles. The minimum absolute atomic E-state index is 0.548. The molecule has 0 saturated carbocycles. The van der Waals surface area contributed by atoms with E-state index in [-0.39, 0.29) is 0 Å². The second-order valence-corrected chi connectivity index (χ2v) is 32.6. The summed E-state index contributed by atoms with van der Waals surface area (Å²) in [4.78, 5) is 22.2. The van der Waals surface area contributed by atoms with E-state index in [4.69, 9.17) is 29.4 Å². The van der Waals surface area contributed by atoms with Crippen molar-refractivity contribution in [3.63, 3.8) is 0 Å². The molecular weight excluding hydrogens is 1490 g/mol. The number of hydrogen-bond donors (Lipinski definition) is 0. The van der Waals surface area contributed by atoms with Gasteiger partial charge in [0, 0.05) is 71.7 Å². The van der Waals surface area contributed by atoms with E-state index in [0.717, 1.165) is 183 Å². The predicted octanol–water partition coefficient (Wildman–Crippen LogP) is 28.4. The molecular formula is C114H68N6O2. The zero-order chi connectivity index (χ0) is 79.9. The summed E-state index contributed by atoms with van der Waals surface area (Å²) in [5.74, 6) is 5.83. The van der Waals surface area contributed by atoms with Crippen LogP contribution in [-0.4, -0.2) is 29.1 Å². The first-order valence-electron chi connectivity index (χ1n) is 41.7. The molecule has 122 heavy (non-hydrogen) atoms. The van der Waals surface area contributed by atoms with Crippen molar-refractivity contribution in [3.8, 4) is 136 Å². The molecule has 26 rings (SSSR count). The van der Waals surface area contributed by atoms with Crippen LogP contribution in [0.5, 0.6) is 23.0 Å². The van der Waals surface area contributed by atoms with E-state index >= 15 is 0 Å². The summed E-state index contributed by atoms with van der Waals surface area (Å²) < 4.78 is 19.4. The van der Waals surface area contributed by atoms with Crippen molar-refractivity contribution in [1.29, 1.82) is 0 Å². The quantitative estimate of drug-likeness (QED) is 0.143. The third-order valence-corrected chi connectivity index (χ3v) is 26.3. The number of hydrogen-bond acceptors (Lipinski definition) is 6. The normalized spacial score (nSPS) is 13.3. The van der Waals surface area contributed by atoms with E-state index < -0.39 is 10.8 Å². The number of fused-ring (bicyclic) bond motifs is 28. The van der Waals surface area contributed by atoms with Gasteiger partial charge < -0.3 is 14.0 Å². The maximum atomic E-state index is 7.31. The molecule has 2 aliphatic carbocycles. The van der Waals surface area contributed by atoms with Crippen LogP contribution in [-0.2, 0) is 10.8 Å². The minimum atomic E-state index is -0.698. The van der Waals surface area contributed by atoms with Crippen LogP contribution in [0.2, 0.25) is 0 Å². The number of benzene rings is 18. The maximum Gasteiger partial charge on any atom is 0.164 e. The van der Waals surface area contributed by atoms with Gasteiger partial charge in [-0.05, 0) is 184 Å². The van der Waals surface area contributed by atoms with Crippen LogP contribution >= 0.6 is 0 Å². The lowest BCUT2D eigenvalue weighted by atomic mass is 9.66. The number of aromatic nitrogens is 6. The Bertz CT molecular complexity index is 8060. The topological polar surface area (TPSA) is 79.9 Å². The molecule has 0 atom stereocenters. The first kappa shape index (κ1) is 68.0. The minimum Gasteiger partial charge on any atom is -0.457 e. The molecule has 4 aromatic heterocycles. The SMILES string of the molecule is c1ccc(-c2ccc(-c3nc(-c4cccc(-c5ccc6c(ccc7c6c6cc8c(cc6n7-c6cc(-c7ccccc7)cc(-c7ccccc7)n6)C6(c7ccccc7O8)c7ccccc7-c7ccccc76)c5)c4)nc(-c4cccc(-n5c6cc7c(cc6c6c8ccccc8ccc65)Oc5ccccc5C75c6ccccc6-c6ccccc65)c4)n3)cc2)cc1. The zero-order valence-corrected chi connectivity index (χ0v) is 65.8. The Labute approximate surface area is 702 Å². The average molecular weight is 1550 g/mol. The van der Waals surface area contributed by atoms with Crippen LogP contribution in [0.3, 0.4) is 0 Å². The number of nitrogens with zero attached hydrogens (tertiary/aromatic N) is 6. The molecule has 2 aliphatic heterocycles. The molecule has 0 amide bonds. The van der Waals surface area contributed by atoms with Crippen molar-refractivity contribution in [3.05, 3.63) is 457 Å². The van der Waals surface area contributed by atoms with Gasteiger partial charge in [0.05, 0.1) is 38.6 Å². The Balaban J connectivity index is 0.645. The second-order valence-electron chi connectivity index (χ2n) is 32.6. The van der Waals surface area contributed by atoms with Crippen LogP contribution in [0.15, 0.2) is 413 Å². The Morgan fingerprint density at radius 3 is 1.20 bits per heavy atom. The number of pyridine rings is 1. The van der Waals surface area contributed by atoms with Crippen molar-refractivity contribution < 1.29 is 9.47 Å². The van der Waals surface area contributed by atoms with Gasteiger partial charge in [-0.25, -0.2) is 19.9 Å². The highest BCUT2D eigenvalue weighted by Gasteiger charge is 2.53. The molecule has 0 radical (unpaired) electrons. The smallest absolute Gasteiger partial charge is 0.164 e. The number of rotatable bonds is 9. The average Bonchev–Trinajstić information content (AvgIpc) is 1.50. The Hall–Kier alpha value is -16.2. The van der Waals surface area contributed by atoms with Gasteiger partial charge in [-0.15, -0.1) is 0 Å². The standard InChI is InChI=1S/C114H68N6O2/c1-4-26-69(27-5-1)71-50-52-74(53-51-71)110-116-111(118-112(117-110)79-35-25-36-81(62-79)119-99-58-55-72-30-10-11-37-82(72)108(99)88-65-105-96(67-101(88)119)113(94-46-20-22-48-103(94)121-105)90-42-16-12-38-84(90)85-39-13-17-43-91(85)113)78-34-24-33-75(61-78)76-54-57-83-77(60-76)56-59-100-109(83)89-66-106-97(114(95-47-21-23-49-104(95)122-106)92-44-18-14-40-86(92)87-41-15-19-45-93(87)114)68-102(89)120(100)107-64-80(70-28-6-2-7-29-70)63-98(115-107)73-31-8-3-9-32-73/h1-68H. The molecule has 22 aromatic rings. The van der Waals surface area contributed by atoms with E-state index in [2.05, 4.69) is 422 Å². The highest BCUT2D eigenvalue weighted by Crippen LogP contribution is 2.65. The van der Waals surface area contributed by atoms with Crippen LogP contribution in [0, 0.1) is 0 Å². The molecule has 4 aliphatic rings. The summed E-state index contributed by atoms with van der Waals surface area (Å²) in [6.45, 7) is 0. The lowest BCUT2D eigenvalue weighted by molar-refractivity contribution is 0.437. The van der Waals surface area contributed by atoms with Crippen LogP contribution in [0.1, 0.15) is 44.5 Å². The van der Waals surface area contributed by atoms with Gasteiger partial charge in [0.25, 0.3) is 0 Å². The molecule has 8 nitrogen and oxygen atoms in total. The van der Waals surface area contributed by atoms with E-state index in [9.17, 15) is 0 Å². The molecule has 0 unspecified atom stereocenters. The van der Waals surface area contributed by atoms with Gasteiger partial charge in [-0.2, -0.15) is 0 Å². The van der Waals surface area contributed by atoms with Gasteiger partial charge in [-0.3, -0.25) is 4.57 Å². The first-order valence-corrected chi connectivity index (χ1v) is 41.7. The number of ether oxygens (including phenoxy) is 2. The lowest BCUT2D eigenvalue weighted by Gasteiger charge is -2.39. The fourth-order valence-electron chi connectivity index (χ4n) is 21.0. The van der Waals surface area contributed by atoms with Crippen molar-refractivity contribution in [2.24, 2.45) is 0 Å². The van der Waals surface area contributed by atoms with Crippen molar-refractivity contribution in [2.75, 3.05) is 0 Å². The van der Waals surface area contributed by atoms with Gasteiger partial charge in [0.2, 0.25) is 0 Å². The van der Waals surface area contributed by atoms with E-state index in [0.29, 0.717) is 17.5 Å². The summed E-state index contributed by atoms with van der Waals surface area (Å²) >= 11 is 0. The van der Waals surface area contributed by atoms with Crippen molar-refractivity contribution in [1.82, 2.24) is 29.1 Å². The molecule has 0 bridgehead atoms. The van der Waals surface area contributed by atoms with E-state index in [1.54, 1.807) is 0 Å². The van der Waals surface area contributed by atoms with Crippen LogP contribution in [0.4, 0.5) is 0 Å². The fourth-order valence-corrected chi connectivity index (χ4v) is 21.0. The van der Waals surface area contributed by atoms with Gasteiger partial charge in [0.1, 0.15) is 28.8 Å². The Morgan fingerprint density at radius 1 is 0.205 bits per heavy atom. The number of para-hydroxylation sites is 2. The van der Waals surface area contributed by atoms with Gasteiger partial charge in [0.15, 0.2) is 17.5 Å². The first-order chi connectivity index (χ1) is 60.4. The molecule has 6 heterocycles. The zero-order valence-electron chi connectivity index (χ0n) is 65.8. The summed E-state index contributed by atoms with van der Waals surface area (Å²) in [5.41, 5.74) is 29.0. The predicted molar refractivity (Wildman–Crippen MR) is 494 cm³/mol. The summed E-state index contributed by atoms with van der Waals surface area (Å²) in [5, 5.41) is 8.92. The molecule has 18 aromatic carbocycles. The van der Waals surface area contributed by atoms with Crippen molar-refractivity contribution >= 4 is 65.2 Å². The summed E-state index contributed by atoms with van der Waals surface area (Å²) in [6.07, 6.45) is 0. The second kappa shape index (κ2) is 26.2. The largest absolute Gasteiger partial charge is 0.457 e. The fraction of sp³-hybridized carbons (Fsp3) is 0.0175. The molecule has 0 N–H and O–H groups in total. The summed E-state index contributed by atoms with van der Waals surface area (Å²) in [6, 6.07) is 149.